The summed E-state index contributed by atoms with van der Waals surface area (Å²) in [5.74, 6) is 0. The molecule has 0 atom stereocenters. The summed E-state index contributed by atoms with van der Waals surface area (Å²) < 4.78 is 28.5. The van der Waals surface area contributed by atoms with Crippen LogP contribution in [0, 0.1) is 0 Å². The van der Waals surface area contributed by atoms with Gasteiger partial charge in [-0.1, -0.05) is 28.9 Å². The van der Waals surface area contributed by atoms with Crippen molar-refractivity contribution in [3.05, 3.63) is 28.7 Å². The van der Waals surface area contributed by atoms with Crippen molar-refractivity contribution < 1.29 is 8.42 Å². The zero-order valence-corrected chi connectivity index (χ0v) is 10.7. The number of anilines is 1. The summed E-state index contributed by atoms with van der Waals surface area (Å²) in [6.45, 7) is 2.34. The highest BCUT2D eigenvalue weighted by molar-refractivity contribution is 9.10. The normalized spacial score (nSPS) is 11.3. The highest BCUT2D eigenvalue weighted by Crippen LogP contribution is 2.16. The van der Waals surface area contributed by atoms with Gasteiger partial charge in [0.1, 0.15) is 0 Å². The van der Waals surface area contributed by atoms with E-state index >= 15 is 0 Å². The first-order valence-corrected chi connectivity index (χ1v) is 6.84. The van der Waals surface area contributed by atoms with Gasteiger partial charge in [0.05, 0.1) is 5.69 Å². The molecule has 0 aliphatic heterocycles. The van der Waals surface area contributed by atoms with Gasteiger partial charge in [-0.25, -0.2) is 0 Å². The van der Waals surface area contributed by atoms with Crippen molar-refractivity contribution in [2.75, 3.05) is 11.3 Å². The first-order valence-electron chi connectivity index (χ1n) is 4.56. The molecule has 0 unspecified atom stereocenters. The monoisotopic (exact) mass is 292 g/mol. The first kappa shape index (κ1) is 12.5. The molecule has 84 valence electrons. The molecule has 1 aromatic rings. The van der Waals surface area contributed by atoms with Gasteiger partial charge < -0.3 is 0 Å². The van der Waals surface area contributed by atoms with E-state index in [1.807, 2.05) is 13.0 Å². The van der Waals surface area contributed by atoms with Gasteiger partial charge in [0.2, 0.25) is 0 Å². The molecule has 1 rings (SSSR count). The summed E-state index contributed by atoms with van der Waals surface area (Å²) in [5.41, 5.74) is 0.535. The molecule has 6 heteroatoms. The Hall–Kier alpha value is -0.590. The minimum Gasteiger partial charge on any atom is -0.271 e. The predicted octanol–water partition coefficient (Wildman–Crippen LogP) is 2.11. The molecule has 0 heterocycles. The van der Waals surface area contributed by atoms with Crippen LogP contribution in [0.4, 0.5) is 5.69 Å². The molecule has 0 aromatic heterocycles. The van der Waals surface area contributed by atoms with Crippen LogP contribution in [-0.4, -0.2) is 15.0 Å². The smallest absolute Gasteiger partial charge is 0.271 e. The maximum Gasteiger partial charge on any atom is 0.299 e. The topological polar surface area (TPSA) is 58.2 Å². The van der Waals surface area contributed by atoms with E-state index in [2.05, 4.69) is 25.4 Å². The van der Waals surface area contributed by atoms with E-state index in [1.54, 1.807) is 18.2 Å². The summed E-state index contributed by atoms with van der Waals surface area (Å²) in [5, 5.41) is 0. The van der Waals surface area contributed by atoms with Crippen molar-refractivity contribution in [1.29, 1.82) is 0 Å². The van der Waals surface area contributed by atoms with Crippen LogP contribution in [0.5, 0.6) is 0 Å². The molecule has 0 saturated carbocycles. The summed E-state index contributed by atoms with van der Waals surface area (Å²) >= 11 is 3.27. The lowest BCUT2D eigenvalue weighted by Crippen LogP contribution is -2.30. The van der Waals surface area contributed by atoms with Gasteiger partial charge in [0.25, 0.3) is 10.2 Å². The van der Waals surface area contributed by atoms with E-state index < -0.39 is 10.2 Å². The fraction of sp³-hybridized carbons (Fsp3) is 0.333. The molecule has 0 spiro atoms. The lowest BCUT2D eigenvalue weighted by atomic mass is 10.3. The molecular formula is C9H13BrN2O2S. The molecule has 4 nitrogen and oxygen atoms in total. The third-order valence-corrected chi connectivity index (χ3v) is 3.20. The molecule has 0 aliphatic rings. The third-order valence-electron chi connectivity index (χ3n) is 1.62. The molecular weight excluding hydrogens is 280 g/mol. The van der Waals surface area contributed by atoms with Crippen molar-refractivity contribution in [2.45, 2.75) is 13.3 Å². The average Bonchev–Trinajstić information content (AvgIpc) is 2.14. The Morgan fingerprint density at radius 1 is 1.40 bits per heavy atom. The molecule has 0 saturated heterocycles. The van der Waals surface area contributed by atoms with Gasteiger partial charge in [-0.3, -0.25) is 4.72 Å². The van der Waals surface area contributed by atoms with E-state index in [-0.39, 0.29) is 0 Å². The van der Waals surface area contributed by atoms with Gasteiger partial charge >= 0.3 is 0 Å². The van der Waals surface area contributed by atoms with Gasteiger partial charge in [-0.15, -0.1) is 0 Å². The zero-order valence-electron chi connectivity index (χ0n) is 8.33. The van der Waals surface area contributed by atoms with Crippen LogP contribution in [0.25, 0.3) is 0 Å². The second kappa shape index (κ2) is 5.48. The summed E-state index contributed by atoms with van der Waals surface area (Å²) in [7, 11) is -3.43. The summed E-state index contributed by atoms with van der Waals surface area (Å²) in [6, 6.07) is 6.99. The molecule has 1 aromatic carbocycles. The Balaban J connectivity index is 2.69. The minimum atomic E-state index is -3.43. The fourth-order valence-electron chi connectivity index (χ4n) is 0.980. The van der Waals surface area contributed by atoms with Crippen molar-refractivity contribution in [2.24, 2.45) is 0 Å². The number of hydrogen-bond donors (Lipinski definition) is 2. The fourth-order valence-corrected chi connectivity index (χ4v) is 2.36. The molecule has 2 N–H and O–H groups in total. The molecule has 0 aliphatic carbocycles. The average molecular weight is 293 g/mol. The lowest BCUT2D eigenvalue weighted by molar-refractivity contribution is 0.586. The van der Waals surface area contributed by atoms with Crippen molar-refractivity contribution in [1.82, 2.24) is 4.72 Å². The number of hydrogen-bond acceptors (Lipinski definition) is 2. The Morgan fingerprint density at radius 3 is 2.73 bits per heavy atom. The molecule has 15 heavy (non-hydrogen) atoms. The number of nitrogens with one attached hydrogen (secondary N) is 2. The van der Waals surface area contributed by atoms with Crippen molar-refractivity contribution >= 4 is 31.8 Å². The molecule has 0 fully saturated rings. The van der Waals surface area contributed by atoms with Crippen molar-refractivity contribution in [3.63, 3.8) is 0 Å². The van der Waals surface area contributed by atoms with Crippen LogP contribution < -0.4 is 9.44 Å². The number of rotatable bonds is 5. The quantitative estimate of drug-likeness (QED) is 0.873. The SMILES string of the molecule is CCCNS(=O)(=O)Nc1cccc(Br)c1. The van der Waals surface area contributed by atoms with Gasteiger partial charge in [-0.2, -0.15) is 13.1 Å². The van der Waals surface area contributed by atoms with Crippen LogP contribution in [0.3, 0.4) is 0 Å². The Labute approximate surface area is 98.4 Å². The van der Waals surface area contributed by atoms with Crippen LogP contribution in [0.15, 0.2) is 28.7 Å². The van der Waals surface area contributed by atoms with Crippen molar-refractivity contribution in [3.8, 4) is 0 Å². The van der Waals surface area contributed by atoms with Gasteiger partial charge in [0, 0.05) is 11.0 Å². The summed E-state index contributed by atoms with van der Waals surface area (Å²) in [6.07, 6.45) is 0.763. The summed E-state index contributed by atoms with van der Waals surface area (Å²) in [4.78, 5) is 0. The van der Waals surface area contributed by atoms with E-state index in [9.17, 15) is 8.42 Å². The lowest BCUT2D eigenvalue weighted by Gasteiger charge is -2.08. The first-order chi connectivity index (χ1) is 7.03. The van der Waals surface area contributed by atoms with E-state index in [0.29, 0.717) is 12.2 Å². The molecule has 0 bridgehead atoms. The Kier molecular flexibility index (Phi) is 4.56. The van der Waals surface area contributed by atoms with Crippen LogP contribution in [0.1, 0.15) is 13.3 Å². The Morgan fingerprint density at radius 2 is 2.13 bits per heavy atom. The Bertz CT molecular complexity index is 420. The largest absolute Gasteiger partial charge is 0.299 e. The van der Waals surface area contributed by atoms with Gasteiger partial charge in [0.15, 0.2) is 0 Å². The predicted molar refractivity (Wildman–Crippen MR) is 65.0 cm³/mol. The van der Waals surface area contributed by atoms with Crippen LogP contribution in [-0.2, 0) is 10.2 Å². The van der Waals surface area contributed by atoms with Crippen LogP contribution >= 0.6 is 15.9 Å². The maximum absolute atomic E-state index is 11.4. The number of halogens is 1. The molecule has 0 amide bonds. The van der Waals surface area contributed by atoms with E-state index in [1.165, 1.54) is 0 Å². The molecule has 0 radical (unpaired) electrons. The standard InChI is InChI=1S/C9H13BrN2O2S/c1-2-6-11-15(13,14)12-9-5-3-4-8(10)7-9/h3-5,7,11-12H,2,6H2,1H3. The second-order valence-corrected chi connectivity index (χ2v) is 5.43. The second-order valence-electron chi connectivity index (χ2n) is 3.01. The third kappa shape index (κ3) is 4.63. The van der Waals surface area contributed by atoms with Crippen LogP contribution in [0.2, 0.25) is 0 Å². The maximum atomic E-state index is 11.4. The zero-order chi connectivity index (χ0) is 11.3. The minimum absolute atomic E-state index is 0.434. The highest BCUT2D eigenvalue weighted by atomic mass is 79.9. The highest BCUT2D eigenvalue weighted by Gasteiger charge is 2.07. The van der Waals surface area contributed by atoms with E-state index in [4.69, 9.17) is 0 Å². The van der Waals surface area contributed by atoms with Gasteiger partial charge in [-0.05, 0) is 24.6 Å². The number of benzene rings is 1. The van der Waals surface area contributed by atoms with E-state index in [0.717, 1.165) is 10.9 Å².